The van der Waals surface area contributed by atoms with Crippen LogP contribution in [-0.2, 0) is 11.2 Å². The summed E-state index contributed by atoms with van der Waals surface area (Å²) in [4.78, 5) is 0. The van der Waals surface area contributed by atoms with Crippen LogP contribution in [-0.4, -0.2) is 45.7 Å². The quantitative estimate of drug-likeness (QED) is 0.858. The number of fused-ring (bicyclic) bond motifs is 3. The van der Waals surface area contributed by atoms with Crippen LogP contribution in [0, 0.1) is 0 Å². The molecule has 6 heteroatoms. The number of methoxy groups -OCH3 is 4. The van der Waals surface area contributed by atoms with Crippen LogP contribution in [0.1, 0.15) is 17.5 Å². The number of benzene rings is 1. The van der Waals surface area contributed by atoms with Gasteiger partial charge >= 0.3 is 0 Å². The van der Waals surface area contributed by atoms with E-state index in [1.807, 2.05) is 12.1 Å². The van der Waals surface area contributed by atoms with E-state index < -0.39 is 6.10 Å². The van der Waals surface area contributed by atoms with Gasteiger partial charge in [0.05, 0.1) is 28.4 Å². The summed E-state index contributed by atoms with van der Waals surface area (Å²) in [5, 5.41) is 10.4. The van der Waals surface area contributed by atoms with Crippen LogP contribution in [0.3, 0.4) is 0 Å². The third-order valence-corrected chi connectivity index (χ3v) is 4.90. The minimum atomic E-state index is -0.845. The number of aliphatic hydroxyl groups excluding tert-OH is 1. The molecule has 6 nitrogen and oxygen atoms in total. The molecule has 0 bridgehead atoms. The van der Waals surface area contributed by atoms with Gasteiger partial charge in [-0.15, -0.1) is 0 Å². The van der Waals surface area contributed by atoms with Gasteiger partial charge in [-0.1, -0.05) is 6.08 Å². The second-order valence-corrected chi connectivity index (χ2v) is 6.24. The molecule has 2 aliphatic carbocycles. The number of rotatable bonds is 4. The number of allylic oxidation sites excluding steroid dienone is 2. The Morgan fingerprint density at radius 3 is 2.35 bits per heavy atom. The topological polar surface area (TPSA) is 83.2 Å². The normalized spacial score (nSPS) is 21.8. The standard InChI is InChI=1S/C20H25NO5/c1-23-16-8-6-12-13(10-15(16)22)14(21)7-5-11-9-17(24-2)19(25-3)20(26-4)18(11)12/h6,8-10,14-15,22H,5,7,21H2,1-4H3/t14-,15?/m0/s1. The van der Waals surface area contributed by atoms with Crippen molar-refractivity contribution in [1.29, 1.82) is 0 Å². The van der Waals surface area contributed by atoms with Crippen molar-refractivity contribution in [3.8, 4) is 17.2 Å². The lowest BCUT2D eigenvalue weighted by Gasteiger charge is -2.21. The largest absolute Gasteiger partial charge is 0.498 e. The number of hydrogen-bond acceptors (Lipinski definition) is 6. The van der Waals surface area contributed by atoms with Crippen molar-refractivity contribution in [1.82, 2.24) is 0 Å². The van der Waals surface area contributed by atoms with E-state index in [2.05, 4.69) is 0 Å². The zero-order chi connectivity index (χ0) is 18.8. The highest BCUT2D eigenvalue weighted by Crippen LogP contribution is 2.48. The fourth-order valence-electron chi connectivity index (χ4n) is 3.61. The maximum absolute atomic E-state index is 10.4. The summed E-state index contributed by atoms with van der Waals surface area (Å²) in [6.07, 6.45) is 6.09. The lowest BCUT2D eigenvalue weighted by molar-refractivity contribution is 0.160. The summed E-state index contributed by atoms with van der Waals surface area (Å²) in [5.74, 6) is 2.21. The van der Waals surface area contributed by atoms with Gasteiger partial charge in [-0.25, -0.2) is 0 Å². The molecule has 3 N–H and O–H groups in total. The molecule has 1 unspecified atom stereocenters. The van der Waals surface area contributed by atoms with E-state index >= 15 is 0 Å². The van der Waals surface area contributed by atoms with E-state index in [1.165, 1.54) is 7.11 Å². The van der Waals surface area contributed by atoms with Gasteiger partial charge in [-0.05, 0) is 47.8 Å². The molecular formula is C20H25NO5. The van der Waals surface area contributed by atoms with E-state index in [4.69, 9.17) is 24.7 Å². The molecule has 26 heavy (non-hydrogen) atoms. The molecule has 0 aliphatic heterocycles. The summed E-state index contributed by atoms with van der Waals surface area (Å²) >= 11 is 0. The van der Waals surface area contributed by atoms with E-state index in [9.17, 15) is 5.11 Å². The van der Waals surface area contributed by atoms with Gasteiger partial charge in [-0.3, -0.25) is 0 Å². The number of hydrogen-bond donors (Lipinski definition) is 2. The van der Waals surface area contributed by atoms with Gasteiger partial charge in [0.15, 0.2) is 11.5 Å². The van der Waals surface area contributed by atoms with E-state index in [1.54, 1.807) is 33.5 Å². The van der Waals surface area contributed by atoms with Gasteiger partial charge in [0.2, 0.25) is 5.75 Å². The molecule has 0 amide bonds. The summed E-state index contributed by atoms with van der Waals surface area (Å²) in [7, 11) is 6.33. The summed E-state index contributed by atoms with van der Waals surface area (Å²) in [6, 6.07) is 1.75. The highest BCUT2D eigenvalue weighted by Gasteiger charge is 2.31. The zero-order valence-corrected chi connectivity index (χ0v) is 15.5. The first kappa shape index (κ1) is 18.4. The molecule has 0 spiro atoms. The predicted octanol–water partition coefficient (Wildman–Crippen LogP) is 2.20. The Kier molecular flexibility index (Phi) is 5.25. The molecule has 3 rings (SSSR count). The van der Waals surface area contributed by atoms with Crippen molar-refractivity contribution >= 4 is 5.57 Å². The molecule has 0 aromatic heterocycles. The third-order valence-electron chi connectivity index (χ3n) is 4.90. The SMILES string of the molecule is COC1=CC=C2C(=CC1O)[C@@H](N)CCc1cc(OC)c(OC)c(OC)c12. The lowest BCUT2D eigenvalue weighted by Crippen LogP contribution is -2.24. The molecule has 0 radical (unpaired) electrons. The van der Waals surface area contributed by atoms with Crippen LogP contribution in [0.15, 0.2) is 35.6 Å². The average Bonchev–Trinajstić information content (AvgIpc) is 2.89. The second-order valence-electron chi connectivity index (χ2n) is 6.24. The minimum Gasteiger partial charge on any atom is -0.498 e. The summed E-state index contributed by atoms with van der Waals surface area (Å²) in [6.45, 7) is 0. The second kappa shape index (κ2) is 7.43. The molecule has 2 aliphatic rings. The van der Waals surface area contributed by atoms with E-state index in [-0.39, 0.29) is 6.04 Å². The first-order chi connectivity index (χ1) is 12.5. The van der Waals surface area contributed by atoms with Crippen molar-refractivity contribution in [3.05, 3.63) is 46.8 Å². The fraction of sp³-hybridized carbons (Fsp3) is 0.400. The monoisotopic (exact) mass is 359 g/mol. The summed E-state index contributed by atoms with van der Waals surface area (Å²) in [5.41, 5.74) is 10.2. The molecule has 2 atom stereocenters. The van der Waals surface area contributed by atoms with Crippen molar-refractivity contribution in [3.63, 3.8) is 0 Å². The Hall–Kier alpha value is -2.44. The van der Waals surface area contributed by atoms with Crippen molar-refractivity contribution in [2.75, 3.05) is 28.4 Å². The van der Waals surface area contributed by atoms with Gasteiger partial charge in [-0.2, -0.15) is 0 Å². The lowest BCUT2D eigenvalue weighted by atomic mass is 9.91. The Morgan fingerprint density at radius 2 is 1.73 bits per heavy atom. The van der Waals surface area contributed by atoms with Crippen molar-refractivity contribution in [2.24, 2.45) is 5.73 Å². The molecule has 0 heterocycles. The van der Waals surface area contributed by atoms with Crippen LogP contribution in [0.25, 0.3) is 5.57 Å². The van der Waals surface area contributed by atoms with Gasteiger partial charge < -0.3 is 29.8 Å². The highest BCUT2D eigenvalue weighted by atomic mass is 16.5. The highest BCUT2D eigenvalue weighted by molar-refractivity contribution is 5.89. The van der Waals surface area contributed by atoms with Gasteiger partial charge in [0.1, 0.15) is 11.9 Å². The maximum Gasteiger partial charge on any atom is 0.203 e. The molecule has 0 saturated heterocycles. The first-order valence-electron chi connectivity index (χ1n) is 8.49. The van der Waals surface area contributed by atoms with Crippen LogP contribution in [0.2, 0.25) is 0 Å². The van der Waals surface area contributed by atoms with Crippen LogP contribution < -0.4 is 19.9 Å². The van der Waals surface area contributed by atoms with E-state index in [0.29, 0.717) is 23.0 Å². The third kappa shape index (κ3) is 2.95. The summed E-state index contributed by atoms with van der Waals surface area (Å²) < 4.78 is 22.0. The Balaban J connectivity index is 2.32. The van der Waals surface area contributed by atoms with Gasteiger partial charge in [0, 0.05) is 11.6 Å². The zero-order valence-electron chi connectivity index (χ0n) is 15.5. The number of nitrogens with two attached hydrogens (primary N) is 1. The minimum absolute atomic E-state index is 0.213. The Labute approximate surface area is 153 Å². The van der Waals surface area contributed by atoms with Crippen LogP contribution in [0.5, 0.6) is 17.2 Å². The fourth-order valence-corrected chi connectivity index (χ4v) is 3.61. The van der Waals surface area contributed by atoms with Gasteiger partial charge in [0.25, 0.3) is 0 Å². The Morgan fingerprint density at radius 1 is 1.00 bits per heavy atom. The predicted molar refractivity (Wildman–Crippen MR) is 99.6 cm³/mol. The molecule has 0 saturated carbocycles. The molecule has 1 aromatic rings. The Bertz CT molecular complexity index is 794. The molecular weight excluding hydrogens is 334 g/mol. The molecule has 0 fully saturated rings. The number of aliphatic hydroxyl groups is 1. The molecule has 1 aromatic carbocycles. The van der Waals surface area contributed by atoms with Crippen LogP contribution >= 0.6 is 0 Å². The van der Waals surface area contributed by atoms with E-state index in [0.717, 1.165) is 35.1 Å². The molecule has 140 valence electrons. The van der Waals surface area contributed by atoms with Crippen molar-refractivity contribution in [2.45, 2.75) is 25.0 Å². The maximum atomic E-state index is 10.4. The number of ether oxygens (including phenoxy) is 4. The van der Waals surface area contributed by atoms with Crippen molar-refractivity contribution < 1.29 is 24.1 Å². The smallest absolute Gasteiger partial charge is 0.203 e. The number of aryl methyl sites for hydroxylation is 1. The average molecular weight is 359 g/mol. The van der Waals surface area contributed by atoms with Crippen LogP contribution in [0.4, 0.5) is 0 Å². The first-order valence-corrected chi connectivity index (χ1v) is 8.49.